The minimum Gasteiger partial charge on any atom is -0.480 e. The first-order valence-corrected chi connectivity index (χ1v) is 12.2. The van der Waals surface area contributed by atoms with Gasteiger partial charge in [-0.05, 0) is 26.0 Å². The first-order chi connectivity index (χ1) is 14.2. The summed E-state index contributed by atoms with van der Waals surface area (Å²) in [4.78, 5) is 48.2. The molecule has 1 aromatic heterocycles. The molecule has 3 aliphatic heterocycles. The molecule has 0 radical (unpaired) electrons. The van der Waals surface area contributed by atoms with Gasteiger partial charge in [-0.15, -0.1) is 23.1 Å². The lowest BCUT2D eigenvalue weighted by atomic mass is 9.96. The van der Waals surface area contributed by atoms with Crippen LogP contribution < -0.4 is 11.1 Å². The van der Waals surface area contributed by atoms with E-state index in [0.29, 0.717) is 0 Å². The van der Waals surface area contributed by atoms with Crippen LogP contribution in [0, 0.1) is 0 Å². The largest absolute Gasteiger partial charge is 0.480 e. The van der Waals surface area contributed by atoms with Crippen LogP contribution in [0.4, 0.5) is 5.13 Å². The van der Waals surface area contributed by atoms with Gasteiger partial charge in [0.2, 0.25) is 5.91 Å². The molecule has 0 saturated carbocycles. The lowest BCUT2D eigenvalue weighted by molar-refractivity contribution is -0.160. The molecule has 3 aliphatic rings. The Kier molecular flexibility index (Phi) is 5.62. The molecule has 1 unspecified atom stereocenters. The number of nitrogens with zero attached hydrogens (tertiary/aromatic N) is 3. The van der Waals surface area contributed by atoms with Crippen LogP contribution in [-0.2, 0) is 19.2 Å². The lowest BCUT2D eigenvalue weighted by Crippen LogP contribution is -2.71. The number of β-lactam (4-membered cyclic amide) rings is 1. The van der Waals surface area contributed by atoms with Gasteiger partial charge in [-0.3, -0.25) is 9.59 Å². The zero-order valence-electron chi connectivity index (χ0n) is 16.2. The van der Waals surface area contributed by atoms with E-state index in [-0.39, 0.29) is 22.6 Å². The quantitative estimate of drug-likeness (QED) is 0.308. The number of carboxylic acids is 1. The topological polar surface area (TPSA) is 147 Å². The van der Waals surface area contributed by atoms with E-state index in [4.69, 9.17) is 10.6 Å². The summed E-state index contributed by atoms with van der Waals surface area (Å²) in [5.41, 5.74) is 5.91. The highest BCUT2D eigenvalue weighted by atomic mass is 32.2. The van der Waals surface area contributed by atoms with Crippen molar-refractivity contribution < 1.29 is 24.3 Å². The fourth-order valence-corrected chi connectivity index (χ4v) is 6.94. The maximum absolute atomic E-state index is 13.0. The Bertz CT molecular complexity index is 913. The van der Waals surface area contributed by atoms with Gasteiger partial charge in [-0.25, -0.2) is 9.78 Å². The molecule has 0 bridgehead atoms. The average Bonchev–Trinajstić information content (AvgIpc) is 3.38. The highest BCUT2D eigenvalue weighted by molar-refractivity contribution is 8.01. The Morgan fingerprint density at radius 1 is 1.47 bits per heavy atom. The molecule has 4 heterocycles. The molecule has 4 atom stereocenters. The van der Waals surface area contributed by atoms with Crippen molar-refractivity contribution >= 4 is 63.5 Å². The predicted octanol–water partition coefficient (Wildman–Crippen LogP) is 0.583. The van der Waals surface area contributed by atoms with Crippen molar-refractivity contribution in [2.45, 2.75) is 48.6 Å². The Labute approximate surface area is 185 Å². The summed E-state index contributed by atoms with van der Waals surface area (Å²) in [6, 6.07) is -1.78. The van der Waals surface area contributed by atoms with Crippen LogP contribution in [0.2, 0.25) is 0 Å². The first kappa shape index (κ1) is 21.2. The molecule has 10 nitrogen and oxygen atoms in total. The number of carboxylic acid groups (broad SMARTS) is 1. The van der Waals surface area contributed by atoms with Crippen LogP contribution in [0.15, 0.2) is 10.5 Å². The van der Waals surface area contributed by atoms with Crippen LogP contribution in [0.5, 0.6) is 0 Å². The van der Waals surface area contributed by atoms with Crippen molar-refractivity contribution in [2.24, 2.45) is 5.16 Å². The van der Waals surface area contributed by atoms with Crippen LogP contribution in [-0.4, -0.2) is 78.3 Å². The zero-order chi connectivity index (χ0) is 21.6. The molecular formula is C17H21N5O5S3. The Morgan fingerprint density at radius 3 is 2.83 bits per heavy atom. The molecule has 4 rings (SSSR count). The van der Waals surface area contributed by atoms with E-state index in [9.17, 15) is 19.5 Å². The number of nitrogen functional groups attached to an aromatic ring is 1. The van der Waals surface area contributed by atoms with Crippen molar-refractivity contribution in [3.8, 4) is 0 Å². The second-order valence-electron chi connectivity index (χ2n) is 7.65. The number of hydrogen-bond donors (Lipinski definition) is 3. The molecule has 1 aromatic rings. The normalized spacial score (nSPS) is 30.0. The van der Waals surface area contributed by atoms with Crippen molar-refractivity contribution in [3.63, 3.8) is 0 Å². The summed E-state index contributed by atoms with van der Waals surface area (Å²) in [7, 11) is 0. The molecule has 162 valence electrons. The summed E-state index contributed by atoms with van der Waals surface area (Å²) in [6.45, 7) is 3.55. The fraction of sp³-hybridized carbons (Fsp3) is 0.588. The molecule has 3 fully saturated rings. The maximum atomic E-state index is 13.0. The van der Waals surface area contributed by atoms with Gasteiger partial charge in [0, 0.05) is 15.9 Å². The maximum Gasteiger partial charge on any atom is 0.327 e. The Hall–Kier alpha value is -1.99. The Morgan fingerprint density at radius 2 is 2.23 bits per heavy atom. The third kappa shape index (κ3) is 3.73. The number of fused-ring (bicyclic) bond motifs is 1. The van der Waals surface area contributed by atoms with E-state index < -0.39 is 40.0 Å². The molecule has 2 amide bonds. The van der Waals surface area contributed by atoms with Crippen LogP contribution >= 0.6 is 34.9 Å². The van der Waals surface area contributed by atoms with E-state index in [0.717, 1.165) is 17.9 Å². The number of nitrogens with one attached hydrogen (secondary N) is 1. The number of carbonyl (C=O) groups excluding carboxylic acids is 2. The SMILES string of the molecule is CC1(C)S[C@@H]2[C@@H](NC(=O)C(=NOC3CCSC3)c3csc(N)n3)C(=O)N2[C@H]1C(=O)O. The number of aromatic nitrogens is 1. The van der Waals surface area contributed by atoms with E-state index in [1.807, 2.05) is 0 Å². The molecular weight excluding hydrogens is 450 g/mol. The number of nitrogens with two attached hydrogens (primary N) is 1. The fourth-order valence-electron chi connectivity index (χ4n) is 3.68. The van der Waals surface area contributed by atoms with Crippen molar-refractivity contribution in [1.82, 2.24) is 15.2 Å². The monoisotopic (exact) mass is 471 g/mol. The van der Waals surface area contributed by atoms with Gasteiger partial charge in [0.15, 0.2) is 10.8 Å². The summed E-state index contributed by atoms with van der Waals surface area (Å²) < 4.78 is -0.671. The zero-order valence-corrected chi connectivity index (χ0v) is 18.7. The smallest absolute Gasteiger partial charge is 0.327 e. The average molecular weight is 472 g/mol. The van der Waals surface area contributed by atoms with E-state index >= 15 is 0 Å². The highest BCUT2D eigenvalue weighted by Gasteiger charge is 2.64. The summed E-state index contributed by atoms with van der Waals surface area (Å²) >= 11 is 4.27. The van der Waals surface area contributed by atoms with Gasteiger partial charge < -0.3 is 25.9 Å². The summed E-state index contributed by atoms with van der Waals surface area (Å²) in [6.07, 6.45) is 0.750. The molecule has 13 heteroatoms. The van der Waals surface area contributed by atoms with Gasteiger partial charge in [0.1, 0.15) is 29.3 Å². The second kappa shape index (κ2) is 7.93. The van der Waals surface area contributed by atoms with Gasteiger partial charge in [0.05, 0.1) is 0 Å². The van der Waals surface area contributed by atoms with E-state index in [1.54, 1.807) is 31.0 Å². The van der Waals surface area contributed by atoms with Gasteiger partial charge in [0.25, 0.3) is 5.91 Å². The minimum atomic E-state index is -1.06. The second-order valence-corrected chi connectivity index (χ2v) is 11.5. The molecule has 3 saturated heterocycles. The molecule has 0 spiro atoms. The summed E-state index contributed by atoms with van der Waals surface area (Å²) in [5.74, 6) is -0.337. The predicted molar refractivity (Wildman–Crippen MR) is 116 cm³/mol. The number of carbonyl (C=O) groups is 3. The Balaban J connectivity index is 1.51. The number of aliphatic carboxylic acids is 1. The molecule has 0 aliphatic carbocycles. The number of amides is 2. The van der Waals surface area contributed by atoms with Gasteiger partial charge in [-0.1, -0.05) is 5.16 Å². The molecule has 0 aromatic carbocycles. The van der Waals surface area contributed by atoms with Crippen molar-refractivity contribution in [3.05, 3.63) is 11.1 Å². The molecule has 4 N–H and O–H groups in total. The third-order valence-electron chi connectivity index (χ3n) is 5.12. The number of thioether (sulfide) groups is 2. The number of rotatable bonds is 6. The minimum absolute atomic E-state index is 0.0526. The number of anilines is 1. The van der Waals surface area contributed by atoms with Crippen molar-refractivity contribution in [2.75, 3.05) is 17.2 Å². The third-order valence-corrected chi connectivity index (χ3v) is 8.50. The summed E-state index contributed by atoms with van der Waals surface area (Å²) in [5, 5.41) is 17.7. The van der Waals surface area contributed by atoms with Crippen LogP contribution in [0.1, 0.15) is 26.0 Å². The number of oxime groups is 1. The van der Waals surface area contributed by atoms with Crippen LogP contribution in [0.25, 0.3) is 0 Å². The number of thiazole rings is 1. The van der Waals surface area contributed by atoms with Crippen LogP contribution in [0.3, 0.4) is 0 Å². The van der Waals surface area contributed by atoms with Gasteiger partial charge >= 0.3 is 5.97 Å². The van der Waals surface area contributed by atoms with Crippen molar-refractivity contribution in [1.29, 1.82) is 0 Å². The standard InChI is InChI=1S/C17H21N5O5S3/c1-17(2)11(15(25)26)22-13(24)10(14(22)30-17)20-12(23)9(8-6-29-16(18)19-8)21-27-7-3-4-28-5-7/h6-7,10-11,14H,3-5H2,1-2H3,(H2,18,19)(H,20,23)(H,25,26)/t7?,10-,11-,14+/m0/s1. The van der Waals surface area contributed by atoms with E-state index in [1.165, 1.54) is 28.0 Å². The van der Waals surface area contributed by atoms with E-state index in [2.05, 4.69) is 15.5 Å². The lowest BCUT2D eigenvalue weighted by Gasteiger charge is -2.43. The number of hydrogen-bond acceptors (Lipinski definition) is 10. The highest BCUT2D eigenvalue weighted by Crippen LogP contribution is 2.50. The van der Waals surface area contributed by atoms with Gasteiger partial charge in [-0.2, -0.15) is 11.8 Å². The first-order valence-electron chi connectivity index (χ1n) is 9.25. The molecule has 30 heavy (non-hydrogen) atoms.